The number of anilines is 1. The van der Waals surface area contributed by atoms with Crippen LogP contribution in [0.5, 0.6) is 0 Å². The SMILES string of the molecule is N#Cc1cc(NC(=O)c2ccc(Cl)cc2)c(=O)n2c1[nH]c1ccccc12. The Bertz CT molecular complexity index is 1260. The molecule has 7 heteroatoms. The number of nitrogens with one attached hydrogen (secondary N) is 2. The minimum atomic E-state index is -0.456. The highest BCUT2D eigenvalue weighted by Crippen LogP contribution is 2.20. The van der Waals surface area contributed by atoms with E-state index in [4.69, 9.17) is 11.6 Å². The lowest BCUT2D eigenvalue weighted by Gasteiger charge is -2.07. The van der Waals surface area contributed by atoms with Gasteiger partial charge in [-0.05, 0) is 42.5 Å². The molecule has 4 aromatic rings. The molecule has 0 bridgehead atoms. The van der Waals surface area contributed by atoms with Gasteiger partial charge in [0, 0.05) is 10.6 Å². The maximum Gasteiger partial charge on any atom is 0.280 e. The van der Waals surface area contributed by atoms with Crippen LogP contribution in [-0.4, -0.2) is 15.3 Å². The summed E-state index contributed by atoms with van der Waals surface area (Å²) in [7, 11) is 0. The van der Waals surface area contributed by atoms with Crippen LogP contribution in [0, 0.1) is 11.3 Å². The fourth-order valence-corrected chi connectivity index (χ4v) is 2.97. The van der Waals surface area contributed by atoms with Crippen LogP contribution in [0.1, 0.15) is 15.9 Å². The number of halogens is 1. The molecular weight excluding hydrogens is 352 g/mol. The van der Waals surface area contributed by atoms with E-state index >= 15 is 0 Å². The summed E-state index contributed by atoms with van der Waals surface area (Å²) >= 11 is 5.83. The number of fused-ring (bicyclic) bond motifs is 3. The molecule has 0 aliphatic rings. The Hall–Kier alpha value is -3.56. The van der Waals surface area contributed by atoms with Crippen LogP contribution in [0.4, 0.5) is 5.69 Å². The molecule has 26 heavy (non-hydrogen) atoms. The Morgan fingerprint density at radius 3 is 2.62 bits per heavy atom. The van der Waals surface area contributed by atoms with Crippen molar-refractivity contribution in [3.63, 3.8) is 0 Å². The van der Waals surface area contributed by atoms with E-state index < -0.39 is 11.5 Å². The molecule has 2 aromatic carbocycles. The summed E-state index contributed by atoms with van der Waals surface area (Å²) in [6, 6.07) is 17.0. The number of benzene rings is 2. The number of rotatable bonds is 2. The quantitative estimate of drug-likeness (QED) is 0.571. The minimum absolute atomic E-state index is 0.0313. The van der Waals surface area contributed by atoms with Crippen molar-refractivity contribution in [1.82, 2.24) is 9.38 Å². The number of para-hydroxylation sites is 2. The van der Waals surface area contributed by atoms with Crippen LogP contribution in [0.15, 0.2) is 59.4 Å². The fourth-order valence-electron chi connectivity index (χ4n) is 2.84. The number of H-pyrrole nitrogens is 1. The zero-order valence-corrected chi connectivity index (χ0v) is 14.0. The van der Waals surface area contributed by atoms with Crippen LogP contribution >= 0.6 is 11.6 Å². The van der Waals surface area contributed by atoms with Crippen molar-refractivity contribution >= 4 is 39.9 Å². The van der Waals surface area contributed by atoms with Gasteiger partial charge in [-0.1, -0.05) is 23.7 Å². The van der Waals surface area contributed by atoms with E-state index in [2.05, 4.69) is 16.4 Å². The smallest absolute Gasteiger partial charge is 0.280 e. The highest BCUT2D eigenvalue weighted by atomic mass is 35.5. The number of imidazole rings is 1. The molecule has 0 radical (unpaired) electrons. The van der Waals surface area contributed by atoms with Gasteiger partial charge >= 0.3 is 0 Å². The molecule has 2 aromatic heterocycles. The van der Waals surface area contributed by atoms with Crippen molar-refractivity contribution in [3.8, 4) is 6.07 Å². The van der Waals surface area contributed by atoms with Gasteiger partial charge in [-0.2, -0.15) is 5.26 Å². The number of hydrogen-bond donors (Lipinski definition) is 2. The van der Waals surface area contributed by atoms with Crippen LogP contribution in [-0.2, 0) is 0 Å². The molecule has 0 fully saturated rings. The van der Waals surface area contributed by atoms with Crippen molar-refractivity contribution < 1.29 is 4.79 Å². The Kier molecular flexibility index (Phi) is 3.72. The molecule has 6 nitrogen and oxygen atoms in total. The molecule has 0 aliphatic carbocycles. The predicted octanol–water partition coefficient (Wildman–Crippen LogP) is 3.56. The average Bonchev–Trinajstić information content (AvgIpc) is 3.04. The summed E-state index contributed by atoms with van der Waals surface area (Å²) in [6.07, 6.45) is 0. The largest absolute Gasteiger partial charge is 0.338 e. The van der Waals surface area contributed by atoms with Gasteiger partial charge in [-0.3, -0.25) is 14.0 Å². The van der Waals surface area contributed by atoms with Gasteiger partial charge in [-0.15, -0.1) is 0 Å². The van der Waals surface area contributed by atoms with E-state index in [0.717, 1.165) is 5.52 Å². The third-order valence-electron chi connectivity index (χ3n) is 4.07. The molecule has 0 unspecified atom stereocenters. The second kappa shape index (κ2) is 6.06. The van der Waals surface area contributed by atoms with Gasteiger partial charge in [0.2, 0.25) is 0 Å². The van der Waals surface area contributed by atoms with Gasteiger partial charge in [0.1, 0.15) is 17.4 Å². The molecule has 0 saturated carbocycles. The van der Waals surface area contributed by atoms with E-state index in [9.17, 15) is 14.9 Å². The number of aromatic amines is 1. The predicted molar refractivity (Wildman–Crippen MR) is 99.6 cm³/mol. The average molecular weight is 363 g/mol. The van der Waals surface area contributed by atoms with Crippen LogP contribution < -0.4 is 10.9 Å². The van der Waals surface area contributed by atoms with Crippen LogP contribution in [0.2, 0.25) is 5.02 Å². The topological polar surface area (TPSA) is 90.2 Å². The number of nitrogens with zero attached hydrogens (tertiary/aromatic N) is 2. The lowest BCUT2D eigenvalue weighted by atomic mass is 10.2. The van der Waals surface area contributed by atoms with Crippen LogP contribution in [0.25, 0.3) is 16.7 Å². The van der Waals surface area contributed by atoms with E-state index in [1.807, 2.05) is 12.1 Å². The van der Waals surface area contributed by atoms with Gasteiger partial charge < -0.3 is 10.3 Å². The zero-order valence-electron chi connectivity index (χ0n) is 13.3. The van der Waals surface area contributed by atoms with Crippen molar-refractivity contribution in [2.75, 3.05) is 5.32 Å². The standard InChI is InChI=1S/C19H11ClN4O2/c20-13-7-5-11(6-8-13)18(25)23-15-9-12(10-21)17-22-14-3-1-2-4-16(14)24(17)19(15)26/h1-9,22H,(H,23,25). The highest BCUT2D eigenvalue weighted by Gasteiger charge is 2.16. The molecule has 2 N–H and O–H groups in total. The Morgan fingerprint density at radius 2 is 1.88 bits per heavy atom. The van der Waals surface area contributed by atoms with Crippen molar-refractivity contribution in [2.45, 2.75) is 0 Å². The summed E-state index contributed by atoms with van der Waals surface area (Å²) < 4.78 is 1.39. The molecule has 1 amide bonds. The summed E-state index contributed by atoms with van der Waals surface area (Å²) in [5, 5.41) is 12.5. The molecule has 0 aliphatic heterocycles. The van der Waals surface area contributed by atoms with Crippen molar-refractivity contribution in [1.29, 1.82) is 5.26 Å². The zero-order chi connectivity index (χ0) is 18.3. The molecule has 0 saturated heterocycles. The first-order valence-electron chi connectivity index (χ1n) is 7.72. The first kappa shape index (κ1) is 15.9. The molecule has 0 spiro atoms. The Labute approximate surface area is 152 Å². The monoisotopic (exact) mass is 362 g/mol. The second-order valence-electron chi connectivity index (χ2n) is 5.68. The normalized spacial score (nSPS) is 10.8. The maximum atomic E-state index is 12.9. The lowest BCUT2D eigenvalue weighted by molar-refractivity contribution is 0.102. The Morgan fingerprint density at radius 1 is 1.15 bits per heavy atom. The number of hydrogen-bond acceptors (Lipinski definition) is 3. The summed E-state index contributed by atoms with van der Waals surface area (Å²) in [5.74, 6) is -0.456. The molecular formula is C19H11ClN4O2. The van der Waals surface area contributed by atoms with E-state index in [-0.39, 0.29) is 11.3 Å². The molecule has 0 atom stereocenters. The number of nitriles is 1. The van der Waals surface area contributed by atoms with E-state index in [1.165, 1.54) is 10.5 Å². The number of carbonyl (C=O) groups is 1. The maximum absolute atomic E-state index is 12.9. The Balaban J connectivity index is 1.88. The highest BCUT2D eigenvalue weighted by molar-refractivity contribution is 6.30. The van der Waals surface area contributed by atoms with E-state index in [1.54, 1.807) is 36.4 Å². The van der Waals surface area contributed by atoms with Gasteiger partial charge in [0.15, 0.2) is 0 Å². The van der Waals surface area contributed by atoms with Gasteiger partial charge in [0.05, 0.1) is 16.6 Å². The van der Waals surface area contributed by atoms with Gasteiger partial charge in [-0.25, -0.2) is 0 Å². The molecule has 4 rings (SSSR count). The third kappa shape index (κ3) is 2.51. The lowest BCUT2D eigenvalue weighted by Crippen LogP contribution is -2.22. The number of amides is 1. The first-order valence-corrected chi connectivity index (χ1v) is 8.10. The summed E-state index contributed by atoms with van der Waals surface area (Å²) in [4.78, 5) is 28.4. The van der Waals surface area contributed by atoms with Crippen molar-refractivity contribution in [2.24, 2.45) is 0 Å². The van der Waals surface area contributed by atoms with Crippen LogP contribution in [0.3, 0.4) is 0 Å². The van der Waals surface area contributed by atoms with E-state index in [0.29, 0.717) is 21.7 Å². The number of aromatic nitrogens is 2. The number of carbonyl (C=O) groups excluding carboxylic acids is 1. The molecule has 126 valence electrons. The molecule has 2 heterocycles. The van der Waals surface area contributed by atoms with Crippen molar-refractivity contribution in [3.05, 3.63) is 81.1 Å². The summed E-state index contributed by atoms with van der Waals surface area (Å²) in [5.41, 5.74) is 1.98. The number of pyridine rings is 1. The second-order valence-corrected chi connectivity index (χ2v) is 6.11. The summed E-state index contributed by atoms with van der Waals surface area (Å²) in [6.45, 7) is 0. The fraction of sp³-hybridized carbons (Fsp3) is 0. The minimum Gasteiger partial charge on any atom is -0.338 e. The third-order valence-corrected chi connectivity index (χ3v) is 4.33. The van der Waals surface area contributed by atoms with Gasteiger partial charge in [0.25, 0.3) is 11.5 Å². The first-order chi connectivity index (χ1) is 12.6.